The molecule has 0 aromatic heterocycles. The Kier molecular flexibility index (Phi) is 7.17. The zero-order chi connectivity index (χ0) is 19.1. The number of likely N-dealkylation sites (tertiary alicyclic amines) is 1. The van der Waals surface area contributed by atoms with Crippen molar-refractivity contribution in [2.24, 2.45) is 0 Å². The van der Waals surface area contributed by atoms with Gasteiger partial charge in [0, 0.05) is 31.1 Å². The summed E-state index contributed by atoms with van der Waals surface area (Å²) in [6.07, 6.45) is 2.79. The van der Waals surface area contributed by atoms with E-state index in [1.54, 1.807) is 4.90 Å². The summed E-state index contributed by atoms with van der Waals surface area (Å²) in [6, 6.07) is 4.10. The quantitative estimate of drug-likeness (QED) is 0.801. The lowest BCUT2D eigenvalue weighted by Gasteiger charge is -2.33. The maximum absolute atomic E-state index is 12.7. The Labute approximate surface area is 151 Å². The summed E-state index contributed by atoms with van der Waals surface area (Å²) < 4.78 is 34.5. The molecule has 0 spiro atoms. The molecule has 1 heterocycles. The van der Waals surface area contributed by atoms with Gasteiger partial charge in [-0.1, -0.05) is 6.92 Å². The van der Waals surface area contributed by atoms with E-state index in [9.17, 15) is 18.4 Å². The van der Waals surface area contributed by atoms with Crippen LogP contribution in [0.15, 0.2) is 18.2 Å². The average Bonchev–Trinajstić information content (AvgIpc) is 2.61. The van der Waals surface area contributed by atoms with Gasteiger partial charge in [-0.25, -0.2) is 0 Å². The second-order valence-electron chi connectivity index (χ2n) is 6.15. The van der Waals surface area contributed by atoms with E-state index in [2.05, 4.69) is 10.1 Å². The van der Waals surface area contributed by atoms with Gasteiger partial charge in [0.1, 0.15) is 0 Å². The maximum Gasteiger partial charge on any atom is 0.387 e. The van der Waals surface area contributed by atoms with Crippen molar-refractivity contribution in [3.05, 3.63) is 23.8 Å². The first-order chi connectivity index (χ1) is 12.4. The molecule has 1 fully saturated rings. The molecule has 1 atom stereocenters. The highest BCUT2D eigenvalue weighted by atomic mass is 19.3. The van der Waals surface area contributed by atoms with E-state index in [1.165, 1.54) is 25.3 Å². The Balaban J connectivity index is 2.08. The van der Waals surface area contributed by atoms with E-state index in [0.717, 1.165) is 19.3 Å². The molecule has 2 amide bonds. The average molecular weight is 370 g/mol. The van der Waals surface area contributed by atoms with E-state index in [-0.39, 0.29) is 34.9 Å². The minimum atomic E-state index is -3.01. The first-order valence-electron chi connectivity index (χ1n) is 8.66. The van der Waals surface area contributed by atoms with Crippen molar-refractivity contribution >= 4 is 11.8 Å². The van der Waals surface area contributed by atoms with Crippen LogP contribution in [0.5, 0.6) is 11.5 Å². The Morgan fingerprint density at radius 1 is 1.35 bits per heavy atom. The van der Waals surface area contributed by atoms with Crippen molar-refractivity contribution in [2.75, 3.05) is 20.2 Å². The predicted molar refractivity (Wildman–Crippen MR) is 91.6 cm³/mol. The number of nitrogens with zero attached hydrogens (tertiary/aromatic N) is 1. The highest BCUT2D eigenvalue weighted by Crippen LogP contribution is 2.30. The van der Waals surface area contributed by atoms with Gasteiger partial charge >= 0.3 is 6.61 Å². The number of hydrogen-bond donors (Lipinski definition) is 1. The van der Waals surface area contributed by atoms with Gasteiger partial charge in [-0.15, -0.1) is 0 Å². The van der Waals surface area contributed by atoms with Crippen LogP contribution in [-0.4, -0.2) is 49.6 Å². The number of methoxy groups -OCH3 is 1. The van der Waals surface area contributed by atoms with Crippen molar-refractivity contribution in [3.8, 4) is 11.5 Å². The van der Waals surface area contributed by atoms with Crippen molar-refractivity contribution in [2.45, 2.75) is 45.3 Å². The Morgan fingerprint density at radius 3 is 2.77 bits per heavy atom. The van der Waals surface area contributed by atoms with Gasteiger partial charge in [-0.3, -0.25) is 9.59 Å². The number of hydrogen-bond acceptors (Lipinski definition) is 4. The van der Waals surface area contributed by atoms with Gasteiger partial charge in [-0.2, -0.15) is 8.78 Å². The van der Waals surface area contributed by atoms with Crippen molar-refractivity contribution in [1.29, 1.82) is 0 Å². The number of piperidine rings is 1. The molecule has 0 aliphatic carbocycles. The van der Waals surface area contributed by atoms with Crippen molar-refractivity contribution < 1.29 is 27.8 Å². The van der Waals surface area contributed by atoms with Crippen LogP contribution < -0.4 is 14.8 Å². The van der Waals surface area contributed by atoms with Gasteiger partial charge in [-0.05, 0) is 37.5 Å². The number of halogens is 2. The van der Waals surface area contributed by atoms with E-state index >= 15 is 0 Å². The fraction of sp³-hybridized carbons (Fsp3) is 0.556. The summed E-state index contributed by atoms with van der Waals surface area (Å²) in [5, 5.41) is 2.94. The number of nitrogens with one attached hydrogen (secondary N) is 1. The van der Waals surface area contributed by atoms with Crippen LogP contribution in [0, 0.1) is 0 Å². The molecule has 0 radical (unpaired) electrons. The predicted octanol–water partition coefficient (Wildman–Crippen LogP) is 2.82. The number of carbonyl (C=O) groups is 2. The number of benzene rings is 1. The lowest BCUT2D eigenvalue weighted by atomic mass is 10.0. The molecule has 1 N–H and O–H groups in total. The fourth-order valence-corrected chi connectivity index (χ4v) is 2.99. The standard InChI is InChI=1S/C18H24F2N2O4/c1-3-5-16(23)21-13-6-4-9-22(11-13)17(24)12-7-8-14(25-2)15(10-12)26-18(19)20/h7-8,10,13,18H,3-6,9,11H2,1-2H3,(H,21,23). The molecular formula is C18H24F2N2O4. The van der Waals surface area contributed by atoms with E-state index in [0.29, 0.717) is 19.5 Å². The molecule has 6 nitrogen and oxygen atoms in total. The van der Waals surface area contributed by atoms with Crippen molar-refractivity contribution in [1.82, 2.24) is 10.2 Å². The number of rotatable bonds is 7. The van der Waals surface area contributed by atoms with Gasteiger partial charge in [0.2, 0.25) is 5.91 Å². The highest BCUT2D eigenvalue weighted by Gasteiger charge is 2.26. The monoisotopic (exact) mass is 370 g/mol. The summed E-state index contributed by atoms with van der Waals surface area (Å²) in [5.41, 5.74) is 0.238. The first kappa shape index (κ1) is 19.9. The van der Waals surface area contributed by atoms with Gasteiger partial charge in [0.15, 0.2) is 11.5 Å². The summed E-state index contributed by atoms with van der Waals surface area (Å²) in [7, 11) is 1.34. The molecule has 0 saturated carbocycles. The third-order valence-corrected chi connectivity index (χ3v) is 4.18. The molecule has 1 aromatic rings. The second kappa shape index (κ2) is 9.35. The summed E-state index contributed by atoms with van der Waals surface area (Å²) >= 11 is 0. The van der Waals surface area contributed by atoms with E-state index in [1.807, 2.05) is 6.92 Å². The zero-order valence-electron chi connectivity index (χ0n) is 15.0. The lowest BCUT2D eigenvalue weighted by molar-refractivity contribution is -0.122. The van der Waals surface area contributed by atoms with E-state index < -0.39 is 6.61 Å². The maximum atomic E-state index is 12.7. The van der Waals surface area contributed by atoms with Gasteiger partial charge in [0.05, 0.1) is 7.11 Å². The van der Waals surface area contributed by atoms with E-state index in [4.69, 9.17) is 4.74 Å². The molecule has 8 heteroatoms. The summed E-state index contributed by atoms with van der Waals surface area (Å²) in [6.45, 7) is -0.136. The fourth-order valence-electron chi connectivity index (χ4n) is 2.99. The molecule has 1 aromatic carbocycles. The number of amides is 2. The van der Waals surface area contributed by atoms with Crippen LogP contribution in [0.2, 0.25) is 0 Å². The molecule has 2 rings (SSSR count). The Hall–Kier alpha value is -2.38. The van der Waals surface area contributed by atoms with Crippen LogP contribution in [-0.2, 0) is 4.79 Å². The first-order valence-corrected chi connectivity index (χ1v) is 8.66. The second-order valence-corrected chi connectivity index (χ2v) is 6.15. The highest BCUT2D eigenvalue weighted by molar-refractivity contribution is 5.95. The largest absolute Gasteiger partial charge is 0.493 e. The third-order valence-electron chi connectivity index (χ3n) is 4.18. The topological polar surface area (TPSA) is 67.9 Å². The van der Waals surface area contributed by atoms with Gasteiger partial charge in [0.25, 0.3) is 5.91 Å². The normalized spacial score (nSPS) is 17.1. The molecule has 0 bridgehead atoms. The van der Waals surface area contributed by atoms with Crippen LogP contribution in [0.4, 0.5) is 8.78 Å². The summed E-state index contributed by atoms with van der Waals surface area (Å²) in [5.74, 6) is -0.367. The Bertz CT molecular complexity index is 640. The van der Waals surface area contributed by atoms with Crippen molar-refractivity contribution in [3.63, 3.8) is 0 Å². The molecule has 26 heavy (non-hydrogen) atoms. The third kappa shape index (κ3) is 5.31. The minimum absolute atomic E-state index is 0.0242. The SMILES string of the molecule is CCCC(=O)NC1CCCN(C(=O)c2ccc(OC)c(OC(F)F)c2)C1. The smallest absolute Gasteiger partial charge is 0.387 e. The van der Waals surface area contributed by atoms with Crippen LogP contribution in [0.25, 0.3) is 0 Å². The van der Waals surface area contributed by atoms with Crippen LogP contribution in [0.3, 0.4) is 0 Å². The van der Waals surface area contributed by atoms with Crippen LogP contribution >= 0.6 is 0 Å². The number of alkyl halides is 2. The molecule has 1 aliphatic rings. The number of carbonyl (C=O) groups excluding carboxylic acids is 2. The minimum Gasteiger partial charge on any atom is -0.493 e. The summed E-state index contributed by atoms with van der Waals surface area (Å²) in [4.78, 5) is 26.1. The molecule has 1 saturated heterocycles. The van der Waals surface area contributed by atoms with Crippen LogP contribution in [0.1, 0.15) is 43.0 Å². The molecule has 1 unspecified atom stereocenters. The molecular weight excluding hydrogens is 346 g/mol. The Morgan fingerprint density at radius 2 is 2.12 bits per heavy atom. The molecule has 1 aliphatic heterocycles. The number of ether oxygens (including phenoxy) is 2. The zero-order valence-corrected chi connectivity index (χ0v) is 15.0. The molecule has 144 valence electrons. The lowest BCUT2D eigenvalue weighted by Crippen LogP contribution is -2.49. The van der Waals surface area contributed by atoms with Gasteiger partial charge < -0.3 is 19.7 Å².